The number of halogens is 1. The first-order valence-corrected chi connectivity index (χ1v) is 6.50. The number of aromatic nitrogens is 1. The van der Waals surface area contributed by atoms with Crippen LogP contribution in [0.3, 0.4) is 0 Å². The summed E-state index contributed by atoms with van der Waals surface area (Å²) in [6, 6.07) is 1.39. The summed E-state index contributed by atoms with van der Waals surface area (Å²) in [5, 5.41) is 3.31. The van der Waals surface area contributed by atoms with Gasteiger partial charge in [0.15, 0.2) is 0 Å². The molecule has 6 heteroatoms. The summed E-state index contributed by atoms with van der Waals surface area (Å²) in [5.74, 6) is 0.299. The average molecular weight is 281 g/mol. The van der Waals surface area contributed by atoms with E-state index in [0.717, 1.165) is 5.56 Å². The summed E-state index contributed by atoms with van der Waals surface area (Å²) in [7, 11) is 0. The summed E-state index contributed by atoms with van der Waals surface area (Å²) >= 11 is 5.88. The van der Waals surface area contributed by atoms with Gasteiger partial charge >= 0.3 is 0 Å². The van der Waals surface area contributed by atoms with E-state index < -0.39 is 0 Å². The fraction of sp³-hybridized carbons (Fsp3) is 0.385. The molecular weight excluding hydrogens is 264 g/mol. The molecule has 0 aliphatic heterocycles. The van der Waals surface area contributed by atoms with Gasteiger partial charge in [-0.3, -0.25) is 4.79 Å². The van der Waals surface area contributed by atoms with Crippen molar-refractivity contribution in [3.8, 4) is 0 Å². The Labute approximate surface area is 117 Å². The van der Waals surface area contributed by atoms with Gasteiger partial charge < -0.3 is 16.8 Å². The average Bonchev–Trinajstić information content (AvgIpc) is 2.37. The highest BCUT2D eigenvalue weighted by molar-refractivity contribution is 6.31. The van der Waals surface area contributed by atoms with Crippen molar-refractivity contribution in [1.29, 1.82) is 0 Å². The molecule has 0 spiro atoms. The lowest BCUT2D eigenvalue weighted by molar-refractivity contribution is -0.113. The minimum Gasteiger partial charge on any atom is -0.326 e. The Kier molecular flexibility index (Phi) is 4.19. The van der Waals surface area contributed by atoms with Crippen molar-refractivity contribution in [2.24, 2.45) is 11.5 Å². The first kappa shape index (κ1) is 14.0. The van der Waals surface area contributed by atoms with Crippen LogP contribution in [-0.4, -0.2) is 23.0 Å². The second-order valence-corrected chi connectivity index (χ2v) is 5.15. The number of anilines is 1. The lowest BCUT2D eigenvalue weighted by Gasteiger charge is -2.23. The van der Waals surface area contributed by atoms with Crippen LogP contribution in [0.15, 0.2) is 23.9 Å². The van der Waals surface area contributed by atoms with Gasteiger partial charge in [-0.05, 0) is 31.4 Å². The predicted molar refractivity (Wildman–Crippen MR) is 75.9 cm³/mol. The van der Waals surface area contributed by atoms with Gasteiger partial charge in [0.25, 0.3) is 5.91 Å². The monoisotopic (exact) mass is 280 g/mol. The number of hydrogen-bond acceptors (Lipinski definition) is 4. The molecular formula is C13H17ClN4O. The summed E-state index contributed by atoms with van der Waals surface area (Å²) in [6.07, 6.45) is 4.59. The van der Waals surface area contributed by atoms with Crippen molar-refractivity contribution in [3.63, 3.8) is 0 Å². The maximum atomic E-state index is 12.1. The number of pyridine rings is 1. The van der Waals surface area contributed by atoms with Crippen molar-refractivity contribution in [2.75, 3.05) is 5.32 Å². The van der Waals surface area contributed by atoms with Crippen LogP contribution in [0, 0.1) is 6.92 Å². The third-order valence-electron chi connectivity index (χ3n) is 3.22. The third-order valence-corrected chi connectivity index (χ3v) is 3.61. The highest BCUT2D eigenvalue weighted by atomic mass is 35.5. The van der Waals surface area contributed by atoms with Crippen molar-refractivity contribution in [3.05, 3.63) is 34.5 Å². The number of carbonyl (C=O) groups is 1. The van der Waals surface area contributed by atoms with Gasteiger partial charge in [0.05, 0.1) is 5.02 Å². The van der Waals surface area contributed by atoms with E-state index >= 15 is 0 Å². The summed E-state index contributed by atoms with van der Waals surface area (Å²) in [5.41, 5.74) is 13.2. The lowest BCUT2D eigenvalue weighted by atomic mass is 9.92. The molecule has 2 atom stereocenters. The van der Waals surface area contributed by atoms with E-state index in [1.54, 1.807) is 12.1 Å². The fourth-order valence-corrected chi connectivity index (χ4v) is 2.05. The highest BCUT2D eigenvalue weighted by Gasteiger charge is 2.22. The van der Waals surface area contributed by atoms with E-state index in [0.29, 0.717) is 29.3 Å². The van der Waals surface area contributed by atoms with Crippen LogP contribution in [0.2, 0.25) is 5.02 Å². The zero-order valence-electron chi connectivity index (χ0n) is 10.7. The number of hydrogen-bond donors (Lipinski definition) is 3. The van der Waals surface area contributed by atoms with E-state index in [2.05, 4.69) is 10.3 Å². The summed E-state index contributed by atoms with van der Waals surface area (Å²) in [4.78, 5) is 16.1. The van der Waals surface area contributed by atoms with Gasteiger partial charge in [-0.2, -0.15) is 0 Å². The second-order valence-electron chi connectivity index (χ2n) is 4.74. The Morgan fingerprint density at radius 3 is 2.89 bits per heavy atom. The first-order chi connectivity index (χ1) is 8.97. The van der Waals surface area contributed by atoms with Crippen molar-refractivity contribution in [1.82, 2.24) is 4.98 Å². The van der Waals surface area contributed by atoms with Crippen LogP contribution in [-0.2, 0) is 4.79 Å². The molecule has 1 amide bonds. The van der Waals surface area contributed by atoms with Crippen LogP contribution in [0.4, 0.5) is 5.82 Å². The van der Waals surface area contributed by atoms with E-state index in [-0.39, 0.29) is 18.0 Å². The molecule has 1 aromatic rings. The van der Waals surface area contributed by atoms with E-state index in [1.807, 2.05) is 6.92 Å². The molecule has 5 nitrogen and oxygen atoms in total. The molecule has 0 radical (unpaired) electrons. The highest BCUT2D eigenvalue weighted by Crippen LogP contribution is 2.20. The number of carbonyl (C=O) groups excluding carboxylic acids is 1. The number of aryl methyl sites for hydroxylation is 1. The Morgan fingerprint density at radius 2 is 2.26 bits per heavy atom. The Morgan fingerprint density at radius 1 is 1.53 bits per heavy atom. The van der Waals surface area contributed by atoms with Crippen LogP contribution >= 0.6 is 11.6 Å². The van der Waals surface area contributed by atoms with Crippen molar-refractivity contribution >= 4 is 23.3 Å². The molecule has 5 N–H and O–H groups in total. The molecule has 2 rings (SSSR count). The molecule has 0 fully saturated rings. The normalized spacial score (nSPS) is 22.8. The van der Waals surface area contributed by atoms with Crippen LogP contribution < -0.4 is 16.8 Å². The maximum absolute atomic E-state index is 12.1. The van der Waals surface area contributed by atoms with Gasteiger partial charge in [-0.15, -0.1) is 0 Å². The van der Waals surface area contributed by atoms with Gasteiger partial charge in [-0.25, -0.2) is 4.98 Å². The number of nitrogens with two attached hydrogens (primary N) is 2. The van der Waals surface area contributed by atoms with Gasteiger partial charge in [0, 0.05) is 23.9 Å². The van der Waals surface area contributed by atoms with Gasteiger partial charge in [0.2, 0.25) is 0 Å². The first-order valence-electron chi connectivity index (χ1n) is 6.12. The second kappa shape index (κ2) is 5.69. The van der Waals surface area contributed by atoms with Gasteiger partial charge in [0.1, 0.15) is 5.82 Å². The Hall–Kier alpha value is -1.43. The molecule has 0 aromatic carbocycles. The Balaban J connectivity index is 2.09. The SMILES string of the molecule is Cc1cc(NC(=O)C2=CC(N)C(N)CC2)ncc1Cl. The molecule has 0 saturated heterocycles. The molecule has 19 heavy (non-hydrogen) atoms. The predicted octanol–water partition coefficient (Wildman–Crippen LogP) is 1.36. The number of nitrogens with zero attached hydrogens (tertiary/aromatic N) is 1. The zero-order valence-corrected chi connectivity index (χ0v) is 11.4. The van der Waals surface area contributed by atoms with E-state index in [4.69, 9.17) is 23.1 Å². The van der Waals surface area contributed by atoms with Gasteiger partial charge in [-0.1, -0.05) is 17.7 Å². The third kappa shape index (κ3) is 3.32. The fourth-order valence-electron chi connectivity index (χ4n) is 1.95. The maximum Gasteiger partial charge on any atom is 0.252 e. The summed E-state index contributed by atoms with van der Waals surface area (Å²) < 4.78 is 0. The minimum absolute atomic E-state index is 0.0764. The number of rotatable bonds is 2. The summed E-state index contributed by atoms with van der Waals surface area (Å²) in [6.45, 7) is 1.86. The standard InChI is InChI=1S/C13H17ClN4O/c1-7-4-12(17-6-9(7)14)18-13(19)8-2-3-10(15)11(16)5-8/h4-6,10-11H,2-3,15-16H2,1H3,(H,17,18,19). The minimum atomic E-state index is -0.269. The van der Waals surface area contributed by atoms with Crippen molar-refractivity contribution < 1.29 is 4.79 Å². The zero-order chi connectivity index (χ0) is 14.0. The molecule has 0 bridgehead atoms. The van der Waals surface area contributed by atoms with Crippen molar-refractivity contribution in [2.45, 2.75) is 31.8 Å². The quantitative estimate of drug-likeness (QED) is 0.762. The van der Waals surface area contributed by atoms with Crippen LogP contribution in [0.25, 0.3) is 0 Å². The molecule has 0 saturated carbocycles. The van der Waals surface area contributed by atoms with E-state index in [1.165, 1.54) is 6.20 Å². The topological polar surface area (TPSA) is 94.0 Å². The number of amides is 1. The largest absolute Gasteiger partial charge is 0.326 e. The Bertz CT molecular complexity index is 529. The van der Waals surface area contributed by atoms with E-state index in [9.17, 15) is 4.79 Å². The van der Waals surface area contributed by atoms with Crippen LogP contribution in [0.1, 0.15) is 18.4 Å². The molecule has 1 aromatic heterocycles. The molecule has 1 aliphatic carbocycles. The molecule has 1 heterocycles. The van der Waals surface area contributed by atoms with Crippen LogP contribution in [0.5, 0.6) is 0 Å². The molecule has 102 valence electrons. The molecule has 1 aliphatic rings. The number of nitrogens with one attached hydrogen (secondary N) is 1. The lowest BCUT2D eigenvalue weighted by Crippen LogP contribution is -2.43. The smallest absolute Gasteiger partial charge is 0.252 e. The molecule has 2 unspecified atom stereocenters.